The van der Waals surface area contributed by atoms with Crippen molar-refractivity contribution in [2.75, 3.05) is 11.9 Å². The maximum Gasteiger partial charge on any atom is 0.142 e. The van der Waals surface area contributed by atoms with E-state index in [4.69, 9.17) is 4.74 Å². The fourth-order valence-corrected chi connectivity index (χ4v) is 3.12. The van der Waals surface area contributed by atoms with Gasteiger partial charge in [-0.15, -0.1) is 0 Å². The van der Waals surface area contributed by atoms with E-state index in [2.05, 4.69) is 48.6 Å². The lowest BCUT2D eigenvalue weighted by molar-refractivity contribution is 0.337. The van der Waals surface area contributed by atoms with Crippen LogP contribution >= 0.6 is 0 Å². The summed E-state index contributed by atoms with van der Waals surface area (Å²) >= 11 is 0. The van der Waals surface area contributed by atoms with E-state index in [1.54, 1.807) is 0 Å². The summed E-state index contributed by atoms with van der Waals surface area (Å²) in [4.78, 5) is 0. The number of ether oxygens (including phenoxy) is 1. The van der Waals surface area contributed by atoms with Crippen molar-refractivity contribution >= 4 is 5.69 Å². The maximum atomic E-state index is 5.67. The summed E-state index contributed by atoms with van der Waals surface area (Å²) in [6, 6.07) is 17.5. The molecule has 1 N–H and O–H groups in total. The first-order valence-electron chi connectivity index (χ1n) is 7.81. The molecule has 0 aromatic heterocycles. The lowest BCUT2D eigenvalue weighted by atomic mass is 9.74. The third-order valence-electron chi connectivity index (χ3n) is 4.31. The Morgan fingerprint density at radius 1 is 1.05 bits per heavy atom. The highest BCUT2D eigenvalue weighted by molar-refractivity contribution is 5.57. The fourth-order valence-electron chi connectivity index (χ4n) is 3.12. The summed E-state index contributed by atoms with van der Waals surface area (Å²) in [6.45, 7) is 4.93. The molecule has 110 valence electrons. The molecule has 2 nitrogen and oxygen atoms in total. The van der Waals surface area contributed by atoms with Crippen LogP contribution in [0.1, 0.15) is 36.8 Å². The van der Waals surface area contributed by atoms with Crippen LogP contribution in [-0.2, 0) is 0 Å². The first kappa shape index (κ1) is 14.0. The summed E-state index contributed by atoms with van der Waals surface area (Å²) in [6.07, 6.45) is 2.40. The number of hydrogen-bond acceptors (Lipinski definition) is 2. The molecule has 3 rings (SSSR count). The normalized spacial score (nSPS) is 20.7. The molecule has 21 heavy (non-hydrogen) atoms. The van der Waals surface area contributed by atoms with Crippen LogP contribution in [0.4, 0.5) is 5.69 Å². The topological polar surface area (TPSA) is 21.3 Å². The van der Waals surface area contributed by atoms with Crippen LogP contribution in [0.5, 0.6) is 5.75 Å². The van der Waals surface area contributed by atoms with Crippen LogP contribution in [0.3, 0.4) is 0 Å². The van der Waals surface area contributed by atoms with Gasteiger partial charge in [0.25, 0.3) is 0 Å². The van der Waals surface area contributed by atoms with Crippen molar-refractivity contribution in [3.63, 3.8) is 0 Å². The standard InChI is InChI=1S/C19H23NO/c1-3-21-19-11-7-6-10-18(19)20-16-12-15(13-16)17-9-5-4-8-14(17)2/h4-11,15-16,20H,3,12-13H2,1-2H3. The molecule has 1 aliphatic carbocycles. The van der Waals surface area contributed by atoms with Gasteiger partial charge in [0.15, 0.2) is 0 Å². The zero-order valence-electron chi connectivity index (χ0n) is 12.8. The molecular formula is C19H23NO. The Morgan fingerprint density at radius 2 is 1.76 bits per heavy atom. The predicted molar refractivity (Wildman–Crippen MR) is 88.2 cm³/mol. The van der Waals surface area contributed by atoms with E-state index < -0.39 is 0 Å². The van der Waals surface area contributed by atoms with Crippen molar-refractivity contribution in [3.05, 3.63) is 59.7 Å². The van der Waals surface area contributed by atoms with Gasteiger partial charge in [-0.1, -0.05) is 36.4 Å². The largest absolute Gasteiger partial charge is 0.492 e. The third kappa shape index (κ3) is 3.05. The van der Waals surface area contributed by atoms with Crippen LogP contribution in [0.2, 0.25) is 0 Å². The van der Waals surface area contributed by atoms with Gasteiger partial charge in [-0.3, -0.25) is 0 Å². The second-order valence-corrected chi connectivity index (χ2v) is 5.80. The minimum atomic E-state index is 0.552. The number of anilines is 1. The lowest BCUT2D eigenvalue weighted by Crippen LogP contribution is -2.34. The minimum absolute atomic E-state index is 0.552. The molecule has 2 aromatic carbocycles. The van der Waals surface area contributed by atoms with Crippen molar-refractivity contribution in [2.24, 2.45) is 0 Å². The molecule has 0 atom stereocenters. The zero-order chi connectivity index (χ0) is 14.7. The highest BCUT2D eigenvalue weighted by Gasteiger charge is 2.31. The Kier molecular flexibility index (Phi) is 4.14. The molecule has 0 saturated heterocycles. The second-order valence-electron chi connectivity index (χ2n) is 5.80. The van der Waals surface area contributed by atoms with E-state index in [0.717, 1.165) is 11.4 Å². The van der Waals surface area contributed by atoms with E-state index in [-0.39, 0.29) is 0 Å². The quantitative estimate of drug-likeness (QED) is 0.853. The third-order valence-corrected chi connectivity index (χ3v) is 4.31. The summed E-state index contributed by atoms with van der Waals surface area (Å²) in [5.41, 5.74) is 4.04. The molecule has 0 spiro atoms. The molecule has 0 heterocycles. The Hall–Kier alpha value is -1.96. The second kappa shape index (κ2) is 6.21. The van der Waals surface area contributed by atoms with Gasteiger partial charge >= 0.3 is 0 Å². The number of benzene rings is 2. The number of hydrogen-bond donors (Lipinski definition) is 1. The molecule has 2 heteroatoms. The average molecular weight is 281 g/mol. The Labute approximate surface area is 127 Å². The summed E-state index contributed by atoms with van der Waals surface area (Å²) < 4.78 is 5.67. The van der Waals surface area contributed by atoms with E-state index in [9.17, 15) is 0 Å². The van der Waals surface area contributed by atoms with Gasteiger partial charge in [0.2, 0.25) is 0 Å². The number of nitrogens with one attached hydrogen (secondary N) is 1. The Bertz CT molecular complexity index is 602. The van der Waals surface area contributed by atoms with Crippen LogP contribution in [0, 0.1) is 6.92 Å². The summed E-state index contributed by atoms with van der Waals surface area (Å²) in [5.74, 6) is 1.65. The molecule has 2 aromatic rings. The van der Waals surface area contributed by atoms with Gasteiger partial charge in [0.05, 0.1) is 12.3 Å². The highest BCUT2D eigenvalue weighted by atomic mass is 16.5. The SMILES string of the molecule is CCOc1ccccc1NC1CC(c2ccccc2C)C1. The molecule has 0 amide bonds. The van der Waals surface area contributed by atoms with Crippen molar-refractivity contribution in [2.45, 2.75) is 38.6 Å². The average Bonchev–Trinajstić information content (AvgIpc) is 2.45. The monoisotopic (exact) mass is 281 g/mol. The van der Waals surface area contributed by atoms with E-state index >= 15 is 0 Å². The van der Waals surface area contributed by atoms with Gasteiger partial charge in [0.1, 0.15) is 5.75 Å². The summed E-state index contributed by atoms with van der Waals surface area (Å²) in [5, 5.41) is 3.63. The molecule has 0 bridgehead atoms. The molecular weight excluding hydrogens is 258 g/mol. The molecule has 1 aliphatic rings. The van der Waals surface area contributed by atoms with Gasteiger partial charge in [-0.25, -0.2) is 0 Å². The first-order chi connectivity index (χ1) is 10.3. The minimum Gasteiger partial charge on any atom is -0.492 e. The molecule has 1 saturated carbocycles. The molecule has 0 unspecified atom stereocenters. The summed E-state index contributed by atoms with van der Waals surface area (Å²) in [7, 11) is 0. The van der Waals surface area contributed by atoms with Crippen LogP contribution in [0.25, 0.3) is 0 Å². The molecule has 0 aliphatic heterocycles. The van der Waals surface area contributed by atoms with Crippen molar-refractivity contribution in [1.82, 2.24) is 0 Å². The van der Waals surface area contributed by atoms with Gasteiger partial charge in [-0.05, 0) is 55.9 Å². The van der Waals surface area contributed by atoms with Gasteiger partial charge < -0.3 is 10.1 Å². The van der Waals surface area contributed by atoms with Gasteiger partial charge in [-0.2, -0.15) is 0 Å². The maximum absolute atomic E-state index is 5.67. The van der Waals surface area contributed by atoms with Crippen LogP contribution < -0.4 is 10.1 Å². The fraction of sp³-hybridized carbons (Fsp3) is 0.368. The van der Waals surface area contributed by atoms with Crippen molar-refractivity contribution in [3.8, 4) is 5.75 Å². The van der Waals surface area contributed by atoms with Crippen molar-refractivity contribution < 1.29 is 4.74 Å². The van der Waals surface area contributed by atoms with Crippen LogP contribution in [0.15, 0.2) is 48.5 Å². The smallest absolute Gasteiger partial charge is 0.142 e. The Balaban J connectivity index is 1.62. The van der Waals surface area contributed by atoms with E-state index in [1.807, 2.05) is 19.1 Å². The Morgan fingerprint density at radius 3 is 2.52 bits per heavy atom. The number of para-hydroxylation sites is 2. The molecule has 1 fully saturated rings. The zero-order valence-corrected chi connectivity index (χ0v) is 12.8. The number of aryl methyl sites for hydroxylation is 1. The number of rotatable bonds is 5. The van der Waals surface area contributed by atoms with Gasteiger partial charge in [0, 0.05) is 6.04 Å². The lowest BCUT2D eigenvalue weighted by Gasteiger charge is -2.37. The highest BCUT2D eigenvalue weighted by Crippen LogP contribution is 2.40. The predicted octanol–water partition coefficient (Wildman–Crippen LogP) is 4.75. The van der Waals surface area contributed by atoms with E-state index in [1.165, 1.54) is 24.0 Å². The van der Waals surface area contributed by atoms with Crippen molar-refractivity contribution in [1.29, 1.82) is 0 Å². The first-order valence-corrected chi connectivity index (χ1v) is 7.81. The molecule has 0 radical (unpaired) electrons. The van der Waals surface area contributed by atoms with Crippen LogP contribution in [-0.4, -0.2) is 12.6 Å². The van der Waals surface area contributed by atoms with E-state index in [0.29, 0.717) is 18.6 Å².